The van der Waals surface area contributed by atoms with E-state index in [1.165, 1.54) is 5.56 Å². The van der Waals surface area contributed by atoms with E-state index in [-0.39, 0.29) is 0 Å². The lowest BCUT2D eigenvalue weighted by molar-refractivity contribution is 0.392. The maximum atomic E-state index is 12.5. The number of imidazole rings is 1. The number of rotatable bonds is 8. The maximum Gasteiger partial charge on any atom is 0.330 e. The van der Waals surface area contributed by atoms with Crippen molar-refractivity contribution < 1.29 is 13.5 Å². The van der Waals surface area contributed by atoms with Crippen LogP contribution in [0.5, 0.6) is 0 Å². The predicted molar refractivity (Wildman–Crippen MR) is 177 cm³/mol. The highest BCUT2D eigenvalue weighted by molar-refractivity contribution is 7.91. The molecule has 1 aliphatic rings. The van der Waals surface area contributed by atoms with E-state index in [4.69, 9.17) is 28.2 Å². The molecule has 0 fully saturated rings. The molecule has 0 saturated heterocycles. The number of anilines is 1. The molecule has 6 rings (SSSR count). The highest BCUT2D eigenvalue weighted by Gasteiger charge is 2.29. The highest BCUT2D eigenvalue weighted by Crippen LogP contribution is 2.33. The molecular formula is C34H30Cl2N4O3S. The van der Waals surface area contributed by atoms with Gasteiger partial charge in [0.25, 0.3) is 0 Å². The van der Waals surface area contributed by atoms with Crippen molar-refractivity contribution in [1.29, 1.82) is 0 Å². The second kappa shape index (κ2) is 12.0. The van der Waals surface area contributed by atoms with Crippen molar-refractivity contribution >= 4 is 39.1 Å². The van der Waals surface area contributed by atoms with Gasteiger partial charge in [-0.25, -0.2) is 14.0 Å². The van der Waals surface area contributed by atoms with Crippen LogP contribution in [-0.2, 0) is 23.1 Å². The first kappa shape index (κ1) is 29.8. The minimum Gasteiger partial charge on any atom is -0.493 e. The predicted octanol–water partition coefficient (Wildman–Crippen LogP) is 8.31. The van der Waals surface area contributed by atoms with E-state index in [0.717, 1.165) is 45.0 Å². The van der Waals surface area contributed by atoms with Gasteiger partial charge >= 0.3 is 10.2 Å². The van der Waals surface area contributed by atoms with Crippen molar-refractivity contribution in [3.63, 3.8) is 0 Å². The van der Waals surface area contributed by atoms with Gasteiger partial charge in [0.1, 0.15) is 5.82 Å². The monoisotopic (exact) mass is 644 g/mol. The molecule has 224 valence electrons. The van der Waals surface area contributed by atoms with Crippen LogP contribution in [0, 0.1) is 5.92 Å². The summed E-state index contributed by atoms with van der Waals surface area (Å²) >= 11 is 12.7. The number of aliphatic hydroxyl groups excluding tert-OH is 1. The average Bonchev–Trinajstić information content (AvgIpc) is 3.52. The molecule has 10 heteroatoms. The molecular weight excluding hydrogens is 615 g/mol. The summed E-state index contributed by atoms with van der Waals surface area (Å²) < 4.78 is 30.1. The SMILES string of the molecule is CC(C)Cc1ccc(-c2ccc(Cc3nc(-c4ccc(Cl)cc4Cl)cn3-c3cccc(N4C=C(O)NS4(=O)=O)c3)cc2)cc1. The number of aromatic nitrogens is 2. The van der Waals surface area contributed by atoms with Crippen LogP contribution in [0.25, 0.3) is 28.1 Å². The van der Waals surface area contributed by atoms with Gasteiger partial charge in [-0.05, 0) is 71.0 Å². The normalized spacial score (nSPS) is 14.1. The van der Waals surface area contributed by atoms with Crippen LogP contribution < -0.4 is 9.03 Å². The second-order valence-corrected chi connectivity index (χ2v) is 13.5. The van der Waals surface area contributed by atoms with Crippen LogP contribution in [0.15, 0.2) is 109 Å². The summed E-state index contributed by atoms with van der Waals surface area (Å²) in [5.74, 6) is 0.894. The third-order valence-corrected chi connectivity index (χ3v) is 9.18. The van der Waals surface area contributed by atoms with E-state index in [0.29, 0.717) is 39.5 Å². The molecule has 1 aliphatic heterocycles. The lowest BCUT2D eigenvalue weighted by Crippen LogP contribution is -2.29. The summed E-state index contributed by atoms with van der Waals surface area (Å²) in [6.07, 6.45) is 4.57. The van der Waals surface area contributed by atoms with Gasteiger partial charge in [-0.15, -0.1) is 0 Å². The molecule has 5 aromatic rings. The molecule has 0 atom stereocenters. The molecule has 0 bridgehead atoms. The zero-order valence-electron chi connectivity index (χ0n) is 24.1. The summed E-state index contributed by atoms with van der Waals surface area (Å²) in [4.78, 5) is 4.96. The summed E-state index contributed by atoms with van der Waals surface area (Å²) in [5, 5.41) is 10.8. The zero-order chi connectivity index (χ0) is 31.0. The number of benzene rings is 4. The number of aliphatic hydroxyl groups is 1. The Morgan fingerprint density at radius 1 is 0.864 bits per heavy atom. The van der Waals surface area contributed by atoms with Gasteiger partial charge in [-0.3, -0.25) is 0 Å². The molecule has 0 radical (unpaired) electrons. The zero-order valence-corrected chi connectivity index (χ0v) is 26.4. The summed E-state index contributed by atoms with van der Waals surface area (Å²) in [7, 11) is -3.94. The Hall–Kier alpha value is -4.24. The molecule has 7 nitrogen and oxygen atoms in total. The quantitative estimate of drug-likeness (QED) is 0.178. The van der Waals surface area contributed by atoms with Gasteiger partial charge in [-0.2, -0.15) is 8.42 Å². The van der Waals surface area contributed by atoms with Crippen molar-refractivity contribution in [3.05, 3.63) is 136 Å². The standard InChI is InChI=1S/C34H30Cl2N4O3S/c1-22(2)16-23-6-10-25(11-7-23)26-12-8-24(9-13-26)17-33-37-32(30-15-14-27(35)18-31(30)36)20-39(33)28-4-3-5-29(19-28)40-21-34(41)38-44(40,42)43/h3-15,18-22,38,41H,16-17H2,1-2H3. The number of hydrogen-bond acceptors (Lipinski definition) is 4. The maximum absolute atomic E-state index is 12.5. The Bertz CT molecular complexity index is 1970. The molecule has 0 aliphatic carbocycles. The van der Waals surface area contributed by atoms with Gasteiger partial charge in [0, 0.05) is 28.9 Å². The lowest BCUT2D eigenvalue weighted by Gasteiger charge is -2.16. The molecule has 0 amide bonds. The number of halogens is 2. The van der Waals surface area contributed by atoms with Crippen LogP contribution in [-0.4, -0.2) is 23.1 Å². The van der Waals surface area contributed by atoms with E-state index >= 15 is 0 Å². The van der Waals surface area contributed by atoms with E-state index in [2.05, 4.69) is 67.1 Å². The van der Waals surface area contributed by atoms with Gasteiger partial charge in [-0.1, -0.05) is 91.6 Å². The van der Waals surface area contributed by atoms with Crippen molar-refractivity contribution in [2.24, 2.45) is 5.92 Å². The fraction of sp³-hybridized carbons (Fsp3) is 0.147. The molecule has 44 heavy (non-hydrogen) atoms. The number of nitrogens with one attached hydrogen (secondary N) is 1. The third-order valence-electron chi connectivity index (χ3n) is 7.33. The van der Waals surface area contributed by atoms with Crippen LogP contribution in [0.2, 0.25) is 10.0 Å². The fourth-order valence-corrected chi connectivity index (χ4v) is 6.83. The van der Waals surface area contributed by atoms with Gasteiger partial charge in [0.2, 0.25) is 5.88 Å². The lowest BCUT2D eigenvalue weighted by atomic mass is 9.98. The van der Waals surface area contributed by atoms with Crippen LogP contribution in [0.1, 0.15) is 30.8 Å². The topological polar surface area (TPSA) is 87.5 Å². The van der Waals surface area contributed by atoms with E-state index < -0.39 is 16.1 Å². The first-order valence-corrected chi connectivity index (χ1v) is 16.3. The van der Waals surface area contributed by atoms with Crippen LogP contribution in [0.3, 0.4) is 0 Å². The Morgan fingerprint density at radius 3 is 2.14 bits per heavy atom. The van der Waals surface area contributed by atoms with E-state index in [1.54, 1.807) is 30.3 Å². The van der Waals surface area contributed by atoms with E-state index in [1.807, 2.05) is 22.9 Å². The molecule has 2 N–H and O–H groups in total. The second-order valence-electron chi connectivity index (χ2n) is 11.1. The Kier molecular flexibility index (Phi) is 8.16. The van der Waals surface area contributed by atoms with Gasteiger partial charge < -0.3 is 9.67 Å². The minimum atomic E-state index is -3.94. The summed E-state index contributed by atoms with van der Waals surface area (Å²) in [6.45, 7) is 4.44. The van der Waals surface area contributed by atoms with Crippen molar-refractivity contribution in [1.82, 2.24) is 14.3 Å². The summed E-state index contributed by atoms with van der Waals surface area (Å²) in [6, 6.07) is 29.4. The molecule has 2 heterocycles. The third kappa shape index (κ3) is 6.33. The Morgan fingerprint density at radius 2 is 1.52 bits per heavy atom. The Balaban J connectivity index is 1.35. The van der Waals surface area contributed by atoms with Crippen molar-refractivity contribution in [2.45, 2.75) is 26.7 Å². The fourth-order valence-electron chi connectivity index (χ4n) is 5.28. The summed E-state index contributed by atoms with van der Waals surface area (Å²) in [5.41, 5.74) is 7.10. The van der Waals surface area contributed by atoms with Gasteiger partial charge in [0.15, 0.2) is 0 Å². The molecule has 4 aromatic carbocycles. The first-order valence-electron chi connectivity index (χ1n) is 14.1. The smallest absolute Gasteiger partial charge is 0.330 e. The average molecular weight is 646 g/mol. The van der Waals surface area contributed by atoms with Gasteiger partial charge in [0.05, 0.1) is 22.6 Å². The number of nitrogens with zero attached hydrogens (tertiary/aromatic N) is 3. The van der Waals surface area contributed by atoms with Crippen LogP contribution in [0.4, 0.5) is 5.69 Å². The van der Waals surface area contributed by atoms with E-state index in [9.17, 15) is 13.5 Å². The largest absolute Gasteiger partial charge is 0.493 e. The van der Waals surface area contributed by atoms with Crippen molar-refractivity contribution in [2.75, 3.05) is 4.31 Å². The minimum absolute atomic E-state index is 0.355. The molecule has 0 saturated carbocycles. The van der Waals surface area contributed by atoms with Crippen LogP contribution >= 0.6 is 23.2 Å². The first-order chi connectivity index (χ1) is 21.1. The number of hydrogen-bond donors (Lipinski definition) is 2. The Labute approximate surface area is 267 Å². The molecule has 0 unspecified atom stereocenters. The highest BCUT2D eigenvalue weighted by atomic mass is 35.5. The van der Waals surface area contributed by atoms with Crippen molar-refractivity contribution in [3.8, 4) is 28.1 Å². The molecule has 1 aromatic heterocycles. The molecule has 0 spiro atoms.